The Bertz CT molecular complexity index is 1030. The fourth-order valence-electron chi connectivity index (χ4n) is 3.72. The average Bonchev–Trinajstić information content (AvgIpc) is 3.13. The van der Waals surface area contributed by atoms with Gasteiger partial charge in [-0.05, 0) is 62.1 Å². The molecule has 0 spiro atoms. The highest BCUT2D eigenvalue weighted by Crippen LogP contribution is 2.42. The summed E-state index contributed by atoms with van der Waals surface area (Å²) < 4.78 is 13.1. The van der Waals surface area contributed by atoms with Gasteiger partial charge in [-0.25, -0.2) is 9.48 Å². The third kappa shape index (κ3) is 3.44. The van der Waals surface area contributed by atoms with Gasteiger partial charge in [0, 0.05) is 25.5 Å². The summed E-state index contributed by atoms with van der Waals surface area (Å²) in [5.74, 6) is 1.08. The van der Waals surface area contributed by atoms with Gasteiger partial charge in [-0.15, -0.1) is 5.10 Å². The molecule has 0 fully saturated rings. The summed E-state index contributed by atoms with van der Waals surface area (Å²) in [6.07, 6.45) is 4.74. The molecule has 0 atom stereocenters. The van der Waals surface area contributed by atoms with E-state index in [1.54, 1.807) is 24.4 Å². The van der Waals surface area contributed by atoms with Crippen LogP contribution in [0.25, 0.3) is 16.8 Å². The Morgan fingerprint density at radius 2 is 1.90 bits per heavy atom. The molecule has 2 heterocycles. The summed E-state index contributed by atoms with van der Waals surface area (Å²) in [5, 5.41) is 4.69. The molecule has 1 amide bonds. The molecule has 0 N–H and O–H groups in total. The number of hydrogen-bond acceptors (Lipinski definition) is 5. The lowest BCUT2D eigenvalue weighted by atomic mass is 9.89. The number of methoxy groups -OCH3 is 1. The summed E-state index contributed by atoms with van der Waals surface area (Å²) in [5.41, 5.74) is 4.93. The van der Waals surface area contributed by atoms with E-state index in [2.05, 4.69) is 16.1 Å². The second-order valence-corrected chi connectivity index (χ2v) is 6.81. The second kappa shape index (κ2) is 7.95. The first kappa shape index (κ1) is 19.0. The smallest absolute Gasteiger partial charge is 0.416 e. The number of ether oxygens (including phenoxy) is 2. The quantitative estimate of drug-likeness (QED) is 0.659. The van der Waals surface area contributed by atoms with Crippen LogP contribution in [0.3, 0.4) is 0 Å². The molecule has 7 nitrogen and oxygen atoms in total. The molecule has 1 aromatic carbocycles. The molecule has 3 aromatic rings. The third-order valence-electron chi connectivity index (χ3n) is 5.28. The molecule has 0 aliphatic heterocycles. The first-order valence-electron chi connectivity index (χ1n) is 9.82. The minimum atomic E-state index is -0.396. The van der Waals surface area contributed by atoms with E-state index >= 15 is 0 Å². The van der Waals surface area contributed by atoms with E-state index in [0.717, 1.165) is 41.1 Å². The van der Waals surface area contributed by atoms with Gasteiger partial charge >= 0.3 is 6.09 Å². The van der Waals surface area contributed by atoms with Gasteiger partial charge in [-0.1, -0.05) is 6.07 Å². The van der Waals surface area contributed by atoms with E-state index < -0.39 is 6.09 Å². The van der Waals surface area contributed by atoms with Crippen molar-refractivity contribution >= 4 is 6.09 Å². The van der Waals surface area contributed by atoms with E-state index in [1.165, 1.54) is 5.56 Å². The van der Waals surface area contributed by atoms with Crippen molar-refractivity contribution < 1.29 is 14.3 Å². The minimum Gasteiger partial charge on any atom is -0.497 e. The van der Waals surface area contributed by atoms with Gasteiger partial charge in [0.1, 0.15) is 5.75 Å². The van der Waals surface area contributed by atoms with Gasteiger partial charge in [-0.2, -0.15) is 0 Å². The zero-order chi connectivity index (χ0) is 20.4. The molecule has 0 radical (unpaired) electrons. The van der Waals surface area contributed by atoms with E-state index in [1.807, 2.05) is 42.8 Å². The number of hydrogen-bond donors (Lipinski definition) is 0. The highest BCUT2D eigenvalue weighted by molar-refractivity contribution is 5.81. The molecule has 0 bridgehead atoms. The van der Waals surface area contributed by atoms with Crippen molar-refractivity contribution in [3.8, 4) is 28.4 Å². The van der Waals surface area contributed by atoms with Crippen molar-refractivity contribution in [2.24, 2.45) is 0 Å². The van der Waals surface area contributed by atoms with Crippen molar-refractivity contribution in [1.29, 1.82) is 0 Å². The molecular formula is C22H24N4O3. The number of aryl methyl sites for hydroxylation is 1. The van der Waals surface area contributed by atoms with Gasteiger partial charge in [-0.3, -0.25) is 4.98 Å². The molecule has 1 aliphatic rings. The maximum Gasteiger partial charge on any atom is 0.416 e. The number of carbonyl (C=O) groups excluding carboxylic acids is 1. The maximum absolute atomic E-state index is 12.7. The van der Waals surface area contributed by atoms with E-state index in [0.29, 0.717) is 19.0 Å². The number of benzene rings is 1. The topological polar surface area (TPSA) is 69.5 Å². The van der Waals surface area contributed by atoms with Crippen LogP contribution in [0.2, 0.25) is 0 Å². The fourth-order valence-corrected chi connectivity index (χ4v) is 3.72. The van der Waals surface area contributed by atoms with Crippen LogP contribution in [0, 0.1) is 0 Å². The molecule has 2 aromatic heterocycles. The summed E-state index contributed by atoms with van der Waals surface area (Å²) in [4.78, 5) is 18.4. The molecule has 0 saturated carbocycles. The summed E-state index contributed by atoms with van der Waals surface area (Å²) in [6, 6.07) is 9.80. The molecule has 4 rings (SSSR count). The fraction of sp³-hybridized carbons (Fsp3) is 0.318. The van der Waals surface area contributed by atoms with Gasteiger partial charge in [0.15, 0.2) is 0 Å². The standard InChI is InChI=1S/C22H24N4O3/c1-4-25(5-2)22(27)29-21-20-18-14-17(28-3)8-6-15(18)7-9-19(20)26(24-21)16-10-12-23-13-11-16/h6,8,10-14H,4-5,7,9H2,1-3H3. The van der Waals surface area contributed by atoms with Crippen LogP contribution in [-0.4, -0.2) is 46.0 Å². The third-order valence-corrected chi connectivity index (χ3v) is 5.28. The highest BCUT2D eigenvalue weighted by atomic mass is 16.6. The zero-order valence-electron chi connectivity index (χ0n) is 16.9. The molecule has 0 unspecified atom stereocenters. The van der Waals surface area contributed by atoms with Crippen molar-refractivity contribution in [2.75, 3.05) is 20.2 Å². The number of carbonyl (C=O) groups is 1. The van der Waals surface area contributed by atoms with Gasteiger partial charge in [0.2, 0.25) is 0 Å². The Labute approximate surface area is 169 Å². The molecular weight excluding hydrogens is 368 g/mol. The van der Waals surface area contributed by atoms with Gasteiger partial charge in [0.25, 0.3) is 5.88 Å². The van der Waals surface area contributed by atoms with E-state index in [9.17, 15) is 4.79 Å². The number of rotatable bonds is 5. The average molecular weight is 392 g/mol. The zero-order valence-corrected chi connectivity index (χ0v) is 16.9. The van der Waals surface area contributed by atoms with Crippen molar-refractivity contribution in [3.63, 3.8) is 0 Å². The lowest BCUT2D eigenvalue weighted by molar-refractivity contribution is 0.155. The van der Waals surface area contributed by atoms with E-state index in [4.69, 9.17) is 9.47 Å². The van der Waals surface area contributed by atoms with Gasteiger partial charge < -0.3 is 14.4 Å². The van der Waals surface area contributed by atoms with Crippen molar-refractivity contribution in [2.45, 2.75) is 26.7 Å². The number of nitrogens with zero attached hydrogens (tertiary/aromatic N) is 4. The first-order chi connectivity index (χ1) is 14.2. The van der Waals surface area contributed by atoms with Crippen LogP contribution < -0.4 is 9.47 Å². The lowest BCUT2D eigenvalue weighted by Gasteiger charge is -2.20. The number of fused-ring (bicyclic) bond motifs is 3. The molecule has 0 saturated heterocycles. The monoisotopic (exact) mass is 392 g/mol. The molecule has 29 heavy (non-hydrogen) atoms. The van der Waals surface area contributed by atoms with Crippen LogP contribution in [0.1, 0.15) is 25.1 Å². The van der Waals surface area contributed by atoms with Crippen LogP contribution >= 0.6 is 0 Å². The number of pyridine rings is 1. The number of aromatic nitrogens is 3. The van der Waals surface area contributed by atoms with Gasteiger partial charge in [0.05, 0.1) is 24.1 Å². The van der Waals surface area contributed by atoms with Crippen molar-refractivity contribution in [1.82, 2.24) is 19.7 Å². The molecule has 1 aliphatic carbocycles. The second-order valence-electron chi connectivity index (χ2n) is 6.81. The van der Waals surface area contributed by atoms with Crippen LogP contribution in [0.15, 0.2) is 42.7 Å². The van der Waals surface area contributed by atoms with Crippen LogP contribution in [0.5, 0.6) is 11.6 Å². The van der Waals surface area contributed by atoms with Crippen molar-refractivity contribution in [3.05, 3.63) is 54.0 Å². The maximum atomic E-state index is 12.7. The Morgan fingerprint density at radius 3 is 2.59 bits per heavy atom. The molecule has 150 valence electrons. The predicted molar refractivity (Wildman–Crippen MR) is 110 cm³/mol. The van der Waals surface area contributed by atoms with Crippen LogP contribution in [0.4, 0.5) is 4.79 Å². The summed E-state index contributed by atoms with van der Waals surface area (Å²) in [6.45, 7) is 5.01. The first-order valence-corrected chi connectivity index (χ1v) is 9.82. The largest absolute Gasteiger partial charge is 0.497 e. The Morgan fingerprint density at radius 1 is 1.14 bits per heavy atom. The summed E-state index contributed by atoms with van der Waals surface area (Å²) >= 11 is 0. The minimum absolute atomic E-state index is 0.322. The SMILES string of the molecule is CCN(CC)C(=O)Oc1nn(-c2ccncc2)c2c1-c1cc(OC)ccc1CC2. The Hall–Kier alpha value is -3.35. The Kier molecular flexibility index (Phi) is 5.20. The normalized spacial score (nSPS) is 12.1. The lowest BCUT2D eigenvalue weighted by Crippen LogP contribution is -2.33. The summed E-state index contributed by atoms with van der Waals surface area (Å²) in [7, 11) is 1.65. The highest BCUT2D eigenvalue weighted by Gasteiger charge is 2.29. The number of amides is 1. The Balaban J connectivity index is 1.87. The van der Waals surface area contributed by atoms with E-state index in [-0.39, 0.29) is 0 Å². The predicted octanol–water partition coefficient (Wildman–Crippen LogP) is 3.88. The van der Waals surface area contributed by atoms with Crippen LogP contribution in [-0.2, 0) is 12.8 Å². The molecule has 7 heteroatoms.